The van der Waals surface area contributed by atoms with Gasteiger partial charge in [0, 0.05) is 23.5 Å². The van der Waals surface area contributed by atoms with E-state index < -0.39 is 0 Å². The molecule has 0 saturated heterocycles. The molecule has 0 bridgehead atoms. The van der Waals surface area contributed by atoms with Gasteiger partial charge in [0.25, 0.3) is 0 Å². The third-order valence-corrected chi connectivity index (χ3v) is 3.84. The third kappa shape index (κ3) is 2.65. The number of nitrogens with one attached hydrogen (secondary N) is 1. The van der Waals surface area contributed by atoms with Crippen LogP contribution in [0.3, 0.4) is 0 Å². The Hall–Kier alpha value is -1.77. The number of rotatable bonds is 5. The normalized spacial score (nSPS) is 13.1. The highest BCUT2D eigenvalue weighted by Gasteiger charge is 2.21. The maximum absolute atomic E-state index is 11.3. The van der Waals surface area contributed by atoms with Crippen molar-refractivity contribution in [3.8, 4) is 0 Å². The summed E-state index contributed by atoms with van der Waals surface area (Å²) in [6.45, 7) is 6.42. The molecule has 1 amide bonds. The molecule has 3 nitrogen and oxygen atoms in total. The van der Waals surface area contributed by atoms with Crippen LogP contribution in [0, 0.1) is 5.92 Å². The highest BCUT2D eigenvalue weighted by atomic mass is 16.1. The average Bonchev–Trinajstić information content (AvgIpc) is 2.78. The number of hydrogen-bond acceptors (Lipinski definition) is 1. The summed E-state index contributed by atoms with van der Waals surface area (Å²) in [7, 11) is 0. The van der Waals surface area contributed by atoms with Crippen molar-refractivity contribution in [2.75, 3.05) is 0 Å². The van der Waals surface area contributed by atoms with Crippen LogP contribution in [0.15, 0.2) is 24.4 Å². The maximum Gasteiger partial charge on any atom is 0.218 e. The van der Waals surface area contributed by atoms with Crippen LogP contribution >= 0.6 is 0 Å². The van der Waals surface area contributed by atoms with E-state index in [1.54, 1.807) is 0 Å². The summed E-state index contributed by atoms with van der Waals surface area (Å²) in [4.78, 5) is 14.6. The van der Waals surface area contributed by atoms with Gasteiger partial charge in [0.15, 0.2) is 0 Å². The summed E-state index contributed by atoms with van der Waals surface area (Å²) in [5, 5.41) is 1.22. The second-order valence-electron chi connectivity index (χ2n) is 5.46. The molecule has 0 unspecified atom stereocenters. The molecular weight excluding hydrogens is 236 g/mol. The molecule has 3 heteroatoms. The minimum absolute atomic E-state index is 0.179. The van der Waals surface area contributed by atoms with Gasteiger partial charge in [-0.05, 0) is 29.4 Å². The van der Waals surface area contributed by atoms with Crippen LogP contribution in [-0.2, 0) is 11.2 Å². The summed E-state index contributed by atoms with van der Waals surface area (Å²) in [5.41, 5.74) is 9.10. The summed E-state index contributed by atoms with van der Waals surface area (Å²) < 4.78 is 0. The van der Waals surface area contributed by atoms with E-state index in [9.17, 15) is 4.79 Å². The fourth-order valence-electron chi connectivity index (χ4n) is 2.76. The number of primary amides is 1. The van der Waals surface area contributed by atoms with Crippen molar-refractivity contribution in [3.63, 3.8) is 0 Å². The lowest BCUT2D eigenvalue weighted by molar-refractivity contribution is -0.118. The fourth-order valence-corrected chi connectivity index (χ4v) is 2.76. The predicted octanol–water partition coefficient (Wildman–Crippen LogP) is 3.35. The van der Waals surface area contributed by atoms with Crippen LogP contribution in [0.1, 0.15) is 44.2 Å². The number of aromatic nitrogens is 1. The van der Waals surface area contributed by atoms with Crippen molar-refractivity contribution in [1.82, 2.24) is 4.98 Å². The Morgan fingerprint density at radius 1 is 1.37 bits per heavy atom. The van der Waals surface area contributed by atoms with E-state index in [2.05, 4.69) is 44.0 Å². The Morgan fingerprint density at radius 2 is 2.11 bits per heavy atom. The number of nitrogens with two attached hydrogens (primary N) is 1. The van der Waals surface area contributed by atoms with Gasteiger partial charge in [0.05, 0.1) is 0 Å². The molecule has 1 heterocycles. The van der Waals surface area contributed by atoms with Gasteiger partial charge in [-0.1, -0.05) is 39.0 Å². The van der Waals surface area contributed by atoms with E-state index >= 15 is 0 Å². The minimum Gasteiger partial charge on any atom is -0.370 e. The van der Waals surface area contributed by atoms with E-state index in [-0.39, 0.29) is 11.8 Å². The predicted molar refractivity (Wildman–Crippen MR) is 79.1 cm³/mol. The van der Waals surface area contributed by atoms with Crippen molar-refractivity contribution in [1.29, 1.82) is 0 Å². The molecule has 0 saturated carbocycles. The van der Waals surface area contributed by atoms with Crippen molar-refractivity contribution in [3.05, 3.63) is 35.5 Å². The van der Waals surface area contributed by atoms with Gasteiger partial charge in [-0.25, -0.2) is 0 Å². The standard InChI is InChI=1S/C16H22N2O/c1-4-11-6-5-7-12-14(9-18-16(11)12)13(10(2)3)8-15(17)19/h5-7,9-10,13,18H,4,8H2,1-3H3,(H2,17,19)/t13-/m0/s1. The maximum atomic E-state index is 11.3. The first-order valence-electron chi connectivity index (χ1n) is 6.91. The number of aromatic amines is 1. The molecule has 2 aromatic rings. The topological polar surface area (TPSA) is 58.9 Å². The summed E-state index contributed by atoms with van der Waals surface area (Å²) in [6, 6.07) is 6.35. The van der Waals surface area contributed by atoms with Crippen molar-refractivity contribution < 1.29 is 4.79 Å². The smallest absolute Gasteiger partial charge is 0.218 e. The highest BCUT2D eigenvalue weighted by Crippen LogP contribution is 2.34. The molecule has 0 radical (unpaired) electrons. The van der Waals surface area contributed by atoms with Gasteiger partial charge in [-0.3, -0.25) is 4.79 Å². The SMILES string of the molecule is CCc1cccc2c([C@@H](CC(N)=O)C(C)C)c[nH]c12. The van der Waals surface area contributed by atoms with Crippen LogP contribution in [0.25, 0.3) is 10.9 Å². The molecule has 3 N–H and O–H groups in total. The van der Waals surface area contributed by atoms with Crippen molar-refractivity contribution in [2.45, 2.75) is 39.5 Å². The number of fused-ring (bicyclic) bond motifs is 1. The molecule has 19 heavy (non-hydrogen) atoms. The molecule has 0 fully saturated rings. The summed E-state index contributed by atoms with van der Waals surface area (Å²) in [6.07, 6.45) is 3.44. The molecule has 0 aliphatic rings. The molecule has 0 spiro atoms. The zero-order valence-electron chi connectivity index (χ0n) is 11.9. The van der Waals surface area contributed by atoms with Gasteiger partial charge in [0.1, 0.15) is 0 Å². The lowest BCUT2D eigenvalue weighted by atomic mass is 9.85. The first-order valence-corrected chi connectivity index (χ1v) is 6.91. The molecule has 102 valence electrons. The number of carbonyl (C=O) groups is 1. The zero-order chi connectivity index (χ0) is 14.0. The first-order chi connectivity index (χ1) is 9.04. The number of carbonyl (C=O) groups excluding carboxylic acids is 1. The monoisotopic (exact) mass is 258 g/mol. The molecule has 0 aliphatic heterocycles. The van der Waals surface area contributed by atoms with Crippen LogP contribution in [0.2, 0.25) is 0 Å². The lowest BCUT2D eigenvalue weighted by Gasteiger charge is -2.19. The van der Waals surface area contributed by atoms with E-state index in [4.69, 9.17) is 5.73 Å². The summed E-state index contributed by atoms with van der Waals surface area (Å²) >= 11 is 0. The highest BCUT2D eigenvalue weighted by molar-refractivity contribution is 5.87. The van der Waals surface area contributed by atoms with E-state index in [1.165, 1.54) is 22.0 Å². The molecule has 0 aliphatic carbocycles. The van der Waals surface area contributed by atoms with Crippen LogP contribution in [0.4, 0.5) is 0 Å². The Bertz CT molecular complexity index is 583. The van der Waals surface area contributed by atoms with Gasteiger partial charge in [-0.2, -0.15) is 0 Å². The number of aryl methyl sites for hydroxylation is 1. The van der Waals surface area contributed by atoms with Crippen LogP contribution < -0.4 is 5.73 Å². The largest absolute Gasteiger partial charge is 0.370 e. The number of benzene rings is 1. The Kier molecular flexibility index (Phi) is 3.93. The van der Waals surface area contributed by atoms with Crippen LogP contribution in [-0.4, -0.2) is 10.9 Å². The van der Waals surface area contributed by atoms with Gasteiger partial charge in [0.2, 0.25) is 5.91 Å². The van der Waals surface area contributed by atoms with Crippen molar-refractivity contribution >= 4 is 16.8 Å². The Morgan fingerprint density at radius 3 is 2.68 bits per heavy atom. The van der Waals surface area contributed by atoms with E-state index in [0.717, 1.165) is 6.42 Å². The van der Waals surface area contributed by atoms with Gasteiger partial charge < -0.3 is 10.7 Å². The minimum atomic E-state index is -0.236. The van der Waals surface area contributed by atoms with E-state index in [1.807, 2.05) is 6.20 Å². The molecular formula is C16H22N2O. The summed E-state index contributed by atoms with van der Waals surface area (Å²) in [5.74, 6) is 0.329. The van der Waals surface area contributed by atoms with Gasteiger partial charge >= 0.3 is 0 Å². The molecule has 1 atom stereocenters. The molecule has 1 aromatic heterocycles. The third-order valence-electron chi connectivity index (χ3n) is 3.84. The molecule has 2 rings (SSSR count). The quantitative estimate of drug-likeness (QED) is 0.849. The first kappa shape index (κ1) is 13.7. The molecule has 1 aromatic carbocycles. The number of para-hydroxylation sites is 1. The lowest BCUT2D eigenvalue weighted by Crippen LogP contribution is -2.18. The number of H-pyrrole nitrogens is 1. The average molecular weight is 258 g/mol. The Balaban J connectivity index is 2.51. The fraction of sp³-hybridized carbons (Fsp3) is 0.438. The Labute approximate surface area is 114 Å². The number of amides is 1. The van der Waals surface area contributed by atoms with Gasteiger partial charge in [-0.15, -0.1) is 0 Å². The van der Waals surface area contributed by atoms with E-state index in [0.29, 0.717) is 12.3 Å². The zero-order valence-corrected chi connectivity index (χ0v) is 11.9. The van der Waals surface area contributed by atoms with Crippen LogP contribution in [0.5, 0.6) is 0 Å². The van der Waals surface area contributed by atoms with Crippen molar-refractivity contribution in [2.24, 2.45) is 11.7 Å². The number of hydrogen-bond donors (Lipinski definition) is 2. The second-order valence-corrected chi connectivity index (χ2v) is 5.46. The second kappa shape index (κ2) is 5.47.